The third kappa shape index (κ3) is 3.52. The van der Waals surface area contributed by atoms with Crippen molar-refractivity contribution in [1.82, 2.24) is 0 Å². The van der Waals surface area contributed by atoms with Gasteiger partial charge < -0.3 is 9.15 Å². The molecule has 0 N–H and O–H groups in total. The second-order valence-corrected chi connectivity index (χ2v) is 6.57. The Morgan fingerprint density at radius 3 is 2.79 bits per heavy atom. The van der Waals surface area contributed by atoms with Gasteiger partial charge in [0.2, 0.25) is 0 Å². The summed E-state index contributed by atoms with van der Waals surface area (Å²) in [6.07, 6.45) is 0. The first-order valence-electron chi connectivity index (χ1n) is 7.09. The van der Waals surface area contributed by atoms with Crippen molar-refractivity contribution in [1.29, 1.82) is 0 Å². The monoisotopic (exact) mass is 406 g/mol. The molecule has 1 heterocycles. The number of hydrogen-bond donors (Lipinski definition) is 0. The number of fused-ring (bicyclic) bond motifs is 1. The van der Waals surface area contributed by atoms with Gasteiger partial charge in [0.05, 0.1) is 5.02 Å². The molecule has 0 fully saturated rings. The lowest BCUT2D eigenvalue weighted by Crippen LogP contribution is -2.11. The Balaban J connectivity index is 1.86. The van der Waals surface area contributed by atoms with Crippen LogP contribution in [0.2, 0.25) is 5.02 Å². The topological polar surface area (TPSA) is 56.5 Å². The Bertz CT molecular complexity index is 994. The number of benzene rings is 2. The van der Waals surface area contributed by atoms with E-state index in [2.05, 4.69) is 15.9 Å². The number of halogens is 2. The predicted octanol–water partition coefficient (Wildman–Crippen LogP) is 4.78. The Morgan fingerprint density at radius 1 is 1.25 bits per heavy atom. The maximum Gasteiger partial charge on any atom is 0.336 e. The summed E-state index contributed by atoms with van der Waals surface area (Å²) in [7, 11) is 0. The number of hydrogen-bond acceptors (Lipinski definition) is 4. The predicted molar refractivity (Wildman–Crippen MR) is 96.2 cm³/mol. The Labute approximate surface area is 151 Å². The van der Waals surface area contributed by atoms with Crippen molar-refractivity contribution in [2.75, 3.05) is 6.61 Å². The van der Waals surface area contributed by atoms with Crippen molar-refractivity contribution in [3.8, 4) is 5.75 Å². The van der Waals surface area contributed by atoms with E-state index in [1.807, 2.05) is 6.07 Å². The standard InChI is InChI=1S/C18H12BrClO4/c1-10-5-18(22)24-16-8-17(14(20)7-13(10)16)23-9-15(21)11-3-2-4-12(19)6-11/h2-8H,9H2,1H3. The first-order valence-corrected chi connectivity index (χ1v) is 8.27. The van der Waals surface area contributed by atoms with Gasteiger partial charge in [-0.3, -0.25) is 4.79 Å². The molecular formula is C18H12BrClO4. The molecule has 0 atom stereocenters. The molecule has 1 aromatic heterocycles. The van der Waals surface area contributed by atoms with Gasteiger partial charge >= 0.3 is 5.63 Å². The largest absolute Gasteiger partial charge is 0.484 e. The van der Waals surface area contributed by atoms with Crippen LogP contribution < -0.4 is 10.4 Å². The molecule has 6 heteroatoms. The Hall–Kier alpha value is -2.11. The fourth-order valence-corrected chi connectivity index (χ4v) is 2.94. The minimum Gasteiger partial charge on any atom is -0.484 e. The van der Waals surface area contributed by atoms with Crippen LogP contribution in [0.3, 0.4) is 0 Å². The first kappa shape index (κ1) is 16.7. The molecule has 0 aliphatic heterocycles. The smallest absolute Gasteiger partial charge is 0.336 e. The van der Waals surface area contributed by atoms with Crippen LogP contribution in [0.1, 0.15) is 15.9 Å². The second kappa shape index (κ2) is 6.79. The molecule has 3 aromatic rings. The van der Waals surface area contributed by atoms with Crippen molar-refractivity contribution < 1.29 is 13.9 Å². The highest BCUT2D eigenvalue weighted by Gasteiger charge is 2.12. The van der Waals surface area contributed by atoms with Gasteiger partial charge in [0, 0.05) is 27.6 Å². The van der Waals surface area contributed by atoms with E-state index >= 15 is 0 Å². The molecule has 0 saturated heterocycles. The van der Waals surface area contributed by atoms with E-state index in [0.29, 0.717) is 21.9 Å². The number of ether oxygens (including phenoxy) is 1. The number of carbonyl (C=O) groups excluding carboxylic acids is 1. The van der Waals surface area contributed by atoms with E-state index in [4.69, 9.17) is 20.8 Å². The molecule has 2 aromatic carbocycles. The summed E-state index contributed by atoms with van der Waals surface area (Å²) in [4.78, 5) is 23.7. The molecule has 122 valence electrons. The van der Waals surface area contributed by atoms with E-state index in [1.165, 1.54) is 12.1 Å². The molecule has 0 aliphatic carbocycles. The average molecular weight is 408 g/mol. The Kier molecular flexibility index (Phi) is 4.73. The summed E-state index contributed by atoms with van der Waals surface area (Å²) in [6.45, 7) is 1.63. The maximum absolute atomic E-state index is 12.2. The number of rotatable bonds is 4. The van der Waals surface area contributed by atoms with Crippen LogP contribution >= 0.6 is 27.5 Å². The van der Waals surface area contributed by atoms with Crippen LogP contribution in [-0.2, 0) is 0 Å². The summed E-state index contributed by atoms with van der Waals surface area (Å²) in [5, 5.41) is 1.08. The molecule has 0 saturated carbocycles. The SMILES string of the molecule is Cc1cc(=O)oc2cc(OCC(=O)c3cccc(Br)c3)c(Cl)cc12. The highest BCUT2D eigenvalue weighted by atomic mass is 79.9. The van der Waals surface area contributed by atoms with Gasteiger partial charge in [-0.1, -0.05) is 39.7 Å². The summed E-state index contributed by atoms with van der Waals surface area (Å²) < 4.78 is 11.5. The lowest BCUT2D eigenvalue weighted by molar-refractivity contribution is 0.0921. The summed E-state index contributed by atoms with van der Waals surface area (Å²) in [6, 6.07) is 11.6. The first-order chi connectivity index (χ1) is 11.4. The zero-order valence-electron chi connectivity index (χ0n) is 12.6. The van der Waals surface area contributed by atoms with E-state index in [1.54, 1.807) is 31.2 Å². The highest BCUT2D eigenvalue weighted by molar-refractivity contribution is 9.10. The lowest BCUT2D eigenvalue weighted by atomic mass is 10.1. The molecule has 3 rings (SSSR count). The molecular weight excluding hydrogens is 396 g/mol. The van der Waals surface area contributed by atoms with Crippen LogP contribution in [0.25, 0.3) is 11.0 Å². The number of aryl methyl sites for hydroxylation is 1. The molecule has 4 nitrogen and oxygen atoms in total. The van der Waals surface area contributed by atoms with Crippen molar-refractivity contribution in [3.63, 3.8) is 0 Å². The van der Waals surface area contributed by atoms with Crippen molar-refractivity contribution >= 4 is 44.3 Å². The van der Waals surface area contributed by atoms with Gasteiger partial charge in [-0.2, -0.15) is 0 Å². The zero-order chi connectivity index (χ0) is 17.3. The third-order valence-electron chi connectivity index (χ3n) is 3.51. The maximum atomic E-state index is 12.2. The van der Waals surface area contributed by atoms with Gasteiger partial charge in [-0.15, -0.1) is 0 Å². The third-order valence-corrected chi connectivity index (χ3v) is 4.30. The molecule has 0 unspecified atom stereocenters. The molecule has 0 amide bonds. The van der Waals surface area contributed by atoms with E-state index in [9.17, 15) is 9.59 Å². The van der Waals surface area contributed by atoms with E-state index in [0.717, 1.165) is 15.4 Å². The van der Waals surface area contributed by atoms with Crippen LogP contribution in [0.15, 0.2) is 56.1 Å². The van der Waals surface area contributed by atoms with E-state index < -0.39 is 5.63 Å². The molecule has 0 spiro atoms. The quantitative estimate of drug-likeness (QED) is 0.461. The van der Waals surface area contributed by atoms with Crippen LogP contribution in [-0.4, -0.2) is 12.4 Å². The molecule has 24 heavy (non-hydrogen) atoms. The van der Waals surface area contributed by atoms with Gasteiger partial charge in [-0.25, -0.2) is 4.79 Å². The molecule has 0 radical (unpaired) electrons. The van der Waals surface area contributed by atoms with Crippen molar-refractivity contribution in [3.05, 3.63) is 73.5 Å². The van der Waals surface area contributed by atoms with Gasteiger partial charge in [0.15, 0.2) is 12.4 Å². The minimum absolute atomic E-state index is 0.169. The fraction of sp³-hybridized carbons (Fsp3) is 0.111. The molecule has 0 bridgehead atoms. The van der Waals surface area contributed by atoms with Crippen molar-refractivity contribution in [2.24, 2.45) is 0 Å². The minimum atomic E-state index is -0.446. The second-order valence-electron chi connectivity index (χ2n) is 5.25. The van der Waals surface area contributed by atoms with Gasteiger partial charge in [-0.05, 0) is 30.7 Å². The number of carbonyl (C=O) groups is 1. The number of Topliss-reactive ketones (excluding diaryl/α,β-unsaturated/α-hetero) is 1. The normalized spacial score (nSPS) is 10.8. The van der Waals surface area contributed by atoms with Crippen LogP contribution in [0.4, 0.5) is 0 Å². The fourth-order valence-electron chi connectivity index (χ4n) is 2.32. The summed E-state index contributed by atoms with van der Waals surface area (Å²) >= 11 is 9.53. The highest BCUT2D eigenvalue weighted by Crippen LogP contribution is 2.31. The average Bonchev–Trinajstić information content (AvgIpc) is 2.53. The van der Waals surface area contributed by atoms with Gasteiger partial charge in [0.25, 0.3) is 0 Å². The van der Waals surface area contributed by atoms with E-state index in [-0.39, 0.29) is 12.4 Å². The number of ketones is 1. The molecule has 0 aliphatic rings. The zero-order valence-corrected chi connectivity index (χ0v) is 15.0. The lowest BCUT2D eigenvalue weighted by Gasteiger charge is -2.09. The summed E-state index contributed by atoms with van der Waals surface area (Å²) in [5.41, 5.74) is 1.22. The summed E-state index contributed by atoms with van der Waals surface area (Å²) in [5.74, 6) is 0.111. The Morgan fingerprint density at radius 2 is 2.04 bits per heavy atom. The van der Waals surface area contributed by atoms with Crippen molar-refractivity contribution in [2.45, 2.75) is 6.92 Å². The van der Waals surface area contributed by atoms with Crippen LogP contribution in [0, 0.1) is 6.92 Å². The van der Waals surface area contributed by atoms with Gasteiger partial charge in [0.1, 0.15) is 11.3 Å². The van der Waals surface area contributed by atoms with Crippen LogP contribution in [0.5, 0.6) is 5.75 Å².